The number of likely N-dealkylation sites (N-methyl/N-ethyl adjacent to an activating group) is 1. The van der Waals surface area contributed by atoms with E-state index in [1.165, 1.54) is 18.1 Å². The maximum Gasteiger partial charge on any atom is 0.302 e. The third-order valence-electron chi connectivity index (χ3n) is 7.35. The van der Waals surface area contributed by atoms with Crippen LogP contribution in [0.4, 0.5) is 0 Å². The summed E-state index contributed by atoms with van der Waals surface area (Å²) < 4.78 is 29.0. The number of hydrogen-bond donors (Lipinski definition) is 0. The molecule has 168 valence electrons. The fourth-order valence-corrected chi connectivity index (χ4v) is 6.08. The zero-order valence-electron chi connectivity index (χ0n) is 18.5. The van der Waals surface area contributed by atoms with Crippen molar-refractivity contribution in [2.45, 2.75) is 49.9 Å². The molecule has 0 N–H and O–H groups in total. The first kappa shape index (κ1) is 20.8. The number of rotatable bonds is 8. The average Bonchev–Trinajstić information content (AvgIpc) is 3.11. The lowest BCUT2D eigenvalue weighted by molar-refractivity contribution is -0.141. The maximum absolute atomic E-state index is 11.0. The quantitative estimate of drug-likeness (QED) is 0.272. The number of methoxy groups -OCH3 is 1. The number of esters is 1. The number of piperidine rings is 1. The Morgan fingerprint density at radius 1 is 1.29 bits per heavy atom. The second-order valence-electron chi connectivity index (χ2n) is 9.00. The monoisotopic (exact) mass is 429 g/mol. The van der Waals surface area contributed by atoms with E-state index in [9.17, 15) is 4.79 Å². The van der Waals surface area contributed by atoms with Gasteiger partial charge in [-0.05, 0) is 38.1 Å². The summed E-state index contributed by atoms with van der Waals surface area (Å²) in [7, 11) is 3.86. The van der Waals surface area contributed by atoms with Crippen molar-refractivity contribution in [2.75, 3.05) is 40.7 Å². The van der Waals surface area contributed by atoms with Gasteiger partial charge in [-0.15, -0.1) is 0 Å². The molecule has 1 aromatic rings. The average molecular weight is 430 g/mol. The summed E-state index contributed by atoms with van der Waals surface area (Å²) >= 11 is 0. The van der Waals surface area contributed by atoms with Crippen LogP contribution in [0.25, 0.3) is 0 Å². The molecule has 4 aliphatic rings. The van der Waals surface area contributed by atoms with Crippen LogP contribution in [0, 0.1) is 5.92 Å². The van der Waals surface area contributed by atoms with Crippen molar-refractivity contribution in [3.63, 3.8) is 0 Å². The van der Waals surface area contributed by atoms with E-state index < -0.39 is 0 Å². The summed E-state index contributed by atoms with van der Waals surface area (Å²) in [5, 5.41) is 0. The lowest BCUT2D eigenvalue weighted by Crippen LogP contribution is -2.65. The van der Waals surface area contributed by atoms with E-state index in [4.69, 9.17) is 23.7 Å². The van der Waals surface area contributed by atoms with Crippen molar-refractivity contribution in [1.82, 2.24) is 4.90 Å². The molecule has 1 fully saturated rings. The first-order valence-corrected chi connectivity index (χ1v) is 11.1. The summed E-state index contributed by atoms with van der Waals surface area (Å²) in [6, 6.07) is 4.68. The van der Waals surface area contributed by atoms with Gasteiger partial charge < -0.3 is 28.6 Å². The van der Waals surface area contributed by atoms with Crippen LogP contribution >= 0.6 is 0 Å². The molecule has 5 rings (SSSR count). The van der Waals surface area contributed by atoms with Gasteiger partial charge in [-0.1, -0.05) is 18.2 Å². The van der Waals surface area contributed by atoms with Gasteiger partial charge in [0.15, 0.2) is 18.3 Å². The van der Waals surface area contributed by atoms with Gasteiger partial charge in [0, 0.05) is 43.4 Å². The van der Waals surface area contributed by atoms with Crippen molar-refractivity contribution < 1.29 is 28.5 Å². The number of likely N-dealkylation sites (tertiary alicyclic amines) is 1. The summed E-state index contributed by atoms with van der Waals surface area (Å²) in [5.41, 5.74) is 2.58. The Hall–Kier alpha value is -2.09. The van der Waals surface area contributed by atoms with Crippen molar-refractivity contribution in [2.24, 2.45) is 5.92 Å². The highest BCUT2D eigenvalue weighted by atomic mass is 16.7. The lowest BCUT2D eigenvalue weighted by Gasteiger charge is -2.56. The molecule has 2 heterocycles. The van der Waals surface area contributed by atoms with Gasteiger partial charge in [0.2, 0.25) is 0 Å². The Morgan fingerprint density at radius 3 is 2.97 bits per heavy atom. The van der Waals surface area contributed by atoms with Crippen molar-refractivity contribution >= 4 is 5.97 Å². The molecule has 1 saturated heterocycles. The van der Waals surface area contributed by atoms with Crippen LogP contribution in [-0.2, 0) is 30.8 Å². The molecule has 1 spiro atoms. The molecule has 0 unspecified atom stereocenters. The van der Waals surface area contributed by atoms with Gasteiger partial charge in [-0.25, -0.2) is 0 Å². The molecular formula is C24H31NO6. The van der Waals surface area contributed by atoms with E-state index >= 15 is 0 Å². The molecule has 2 bridgehead atoms. The number of carbonyl (C=O) groups excluding carboxylic acids is 1. The van der Waals surface area contributed by atoms with Crippen molar-refractivity contribution in [3.05, 3.63) is 35.4 Å². The number of carbonyl (C=O) groups is 1. The molecule has 7 heteroatoms. The summed E-state index contributed by atoms with van der Waals surface area (Å²) in [5.74, 6) is 1.74. The van der Waals surface area contributed by atoms with E-state index in [1.807, 2.05) is 6.07 Å². The van der Waals surface area contributed by atoms with Gasteiger partial charge in [0.05, 0.1) is 13.2 Å². The minimum atomic E-state index is -0.260. The Morgan fingerprint density at radius 2 is 2.16 bits per heavy atom. The zero-order valence-corrected chi connectivity index (χ0v) is 18.5. The SMILES string of the molecule is COCOc1ccc2c3c1O[C@H]1[C@@H](OCCCOC(C)=O)C=C[C@H]4[C@@H](C2)N(C)CC[C@@]341. The van der Waals surface area contributed by atoms with E-state index in [-0.39, 0.29) is 30.4 Å². The first-order valence-electron chi connectivity index (χ1n) is 11.1. The van der Waals surface area contributed by atoms with E-state index in [1.54, 1.807) is 7.11 Å². The maximum atomic E-state index is 11.0. The summed E-state index contributed by atoms with van der Waals surface area (Å²) in [6.07, 6.45) is 7.01. The lowest BCUT2D eigenvalue weighted by atomic mass is 9.53. The van der Waals surface area contributed by atoms with Gasteiger partial charge >= 0.3 is 5.97 Å². The van der Waals surface area contributed by atoms with Crippen LogP contribution in [-0.4, -0.2) is 69.8 Å². The van der Waals surface area contributed by atoms with E-state index in [2.05, 4.69) is 30.2 Å². The van der Waals surface area contributed by atoms with Crippen molar-refractivity contribution in [1.29, 1.82) is 0 Å². The number of hydrogen-bond acceptors (Lipinski definition) is 7. The first-order chi connectivity index (χ1) is 15.1. The fraction of sp³-hybridized carbons (Fsp3) is 0.625. The number of ether oxygens (including phenoxy) is 5. The largest absolute Gasteiger partial charge is 0.482 e. The Labute approximate surface area is 183 Å². The molecule has 0 amide bonds. The second kappa shape index (κ2) is 8.11. The molecule has 0 saturated carbocycles. The predicted octanol–water partition coefficient (Wildman–Crippen LogP) is 2.45. The molecule has 31 heavy (non-hydrogen) atoms. The smallest absolute Gasteiger partial charge is 0.302 e. The van der Waals surface area contributed by atoms with Gasteiger partial charge in [0.25, 0.3) is 0 Å². The molecule has 0 aromatic heterocycles. The molecule has 1 aromatic carbocycles. The third-order valence-corrected chi connectivity index (χ3v) is 7.35. The standard InChI is InChI=1S/C24H31NO6/c1-15(26)28-11-4-12-29-20-8-6-17-18-13-16-5-7-19(30-14-27-3)22-21(16)24(17,23(20)31-22)9-10-25(18)2/h5-8,17-18,20,23H,4,9-14H2,1-3H3/t17-,18+,20-,23-,24-/m0/s1. The third kappa shape index (κ3) is 3.25. The van der Waals surface area contributed by atoms with Crippen LogP contribution < -0.4 is 9.47 Å². The van der Waals surface area contributed by atoms with Crippen LogP contribution in [0.2, 0.25) is 0 Å². The van der Waals surface area contributed by atoms with Gasteiger partial charge in [0.1, 0.15) is 12.2 Å². The summed E-state index contributed by atoms with van der Waals surface area (Å²) in [4.78, 5) is 13.5. The molecule has 5 atom stereocenters. The highest BCUT2D eigenvalue weighted by molar-refractivity contribution is 5.65. The zero-order chi connectivity index (χ0) is 21.6. The Bertz CT molecular complexity index is 885. The molecular weight excluding hydrogens is 398 g/mol. The summed E-state index contributed by atoms with van der Waals surface area (Å²) in [6.45, 7) is 3.54. The van der Waals surface area contributed by atoms with Crippen LogP contribution in [0.5, 0.6) is 11.5 Å². The van der Waals surface area contributed by atoms with Crippen LogP contribution in [0.3, 0.4) is 0 Å². The Balaban J connectivity index is 1.46. The van der Waals surface area contributed by atoms with E-state index in [0.29, 0.717) is 31.6 Å². The molecule has 0 radical (unpaired) electrons. The van der Waals surface area contributed by atoms with Gasteiger partial charge in [-0.2, -0.15) is 0 Å². The molecule has 2 aliphatic heterocycles. The van der Waals surface area contributed by atoms with Crippen LogP contribution in [0.1, 0.15) is 30.9 Å². The van der Waals surface area contributed by atoms with Gasteiger partial charge in [-0.3, -0.25) is 4.79 Å². The number of nitrogens with zero attached hydrogens (tertiary/aromatic N) is 1. The molecule has 2 aliphatic carbocycles. The normalized spacial score (nSPS) is 32.4. The topological polar surface area (TPSA) is 66.5 Å². The van der Waals surface area contributed by atoms with E-state index in [0.717, 1.165) is 30.9 Å². The fourth-order valence-electron chi connectivity index (χ4n) is 6.08. The second-order valence-corrected chi connectivity index (χ2v) is 9.00. The van der Waals surface area contributed by atoms with Crippen molar-refractivity contribution in [3.8, 4) is 11.5 Å². The minimum Gasteiger partial charge on any atom is -0.482 e. The predicted molar refractivity (Wildman–Crippen MR) is 113 cm³/mol. The van der Waals surface area contributed by atoms with Crippen LogP contribution in [0.15, 0.2) is 24.3 Å². The highest BCUT2D eigenvalue weighted by Gasteiger charge is 2.64. The number of benzene rings is 1. The molecule has 7 nitrogen and oxygen atoms in total. The Kier molecular flexibility index (Phi) is 5.44. The minimum absolute atomic E-state index is 0.0891. The highest BCUT2D eigenvalue weighted by Crippen LogP contribution is 2.62.